The van der Waals surface area contributed by atoms with E-state index in [0.717, 1.165) is 12.1 Å². The van der Waals surface area contributed by atoms with Crippen LogP contribution in [-0.4, -0.2) is 72.9 Å². The van der Waals surface area contributed by atoms with Gasteiger partial charge in [0.05, 0.1) is 36.1 Å². The molecule has 3 N–H and O–H groups in total. The van der Waals surface area contributed by atoms with E-state index in [0.29, 0.717) is 25.7 Å². The smallest absolute Gasteiger partial charge is 0.256 e. The van der Waals surface area contributed by atoms with Gasteiger partial charge in [0.1, 0.15) is 5.82 Å². The van der Waals surface area contributed by atoms with Crippen molar-refractivity contribution in [2.45, 2.75) is 39.0 Å². The number of hydrogen-bond donors (Lipinski definition) is 3. The molecule has 0 bridgehead atoms. The number of aromatic amines is 1. The van der Waals surface area contributed by atoms with E-state index in [1.54, 1.807) is 11.8 Å². The number of aromatic nitrogens is 3. The lowest BCUT2D eigenvalue weighted by atomic mass is 9.95. The number of benzene rings is 1. The summed E-state index contributed by atoms with van der Waals surface area (Å²) in [5.41, 5.74) is -0.609. The standard InChI is InChI=1S/C26H28F2N6O5/c1-15(24(37)32-21-11-31-23(12-29-21)39-20-5-4-17(27)9-19(20)28)33-6-7-34(26(2,3)14-33)25(38)18-10-30-22(36)8-16(18)13-35/h4-5,8-12,15,35H,6-7,13-14H2,1-3H3,(H,30,36)(H,29,32,37). The second-order valence-corrected chi connectivity index (χ2v) is 9.72. The molecule has 3 aromatic rings. The maximum Gasteiger partial charge on any atom is 0.256 e. The Bertz CT molecular complexity index is 1430. The summed E-state index contributed by atoms with van der Waals surface area (Å²) >= 11 is 0. The molecule has 1 fully saturated rings. The fraction of sp³-hybridized carbons (Fsp3) is 0.346. The summed E-state index contributed by atoms with van der Waals surface area (Å²) in [6.45, 7) is 6.15. The first-order valence-electron chi connectivity index (χ1n) is 12.1. The average Bonchev–Trinajstić information content (AvgIpc) is 2.89. The molecule has 1 aliphatic rings. The molecule has 2 aromatic heterocycles. The minimum atomic E-state index is -0.889. The Morgan fingerprint density at radius 3 is 2.62 bits per heavy atom. The highest BCUT2D eigenvalue weighted by atomic mass is 19.1. The highest BCUT2D eigenvalue weighted by Crippen LogP contribution is 2.26. The molecular weight excluding hydrogens is 514 g/mol. The molecule has 1 unspecified atom stereocenters. The summed E-state index contributed by atoms with van der Waals surface area (Å²) in [4.78, 5) is 51.9. The summed E-state index contributed by atoms with van der Waals surface area (Å²) in [6.07, 6.45) is 3.77. The van der Waals surface area contributed by atoms with Crippen molar-refractivity contribution >= 4 is 17.6 Å². The highest BCUT2D eigenvalue weighted by molar-refractivity contribution is 5.96. The number of piperazine rings is 1. The summed E-state index contributed by atoms with van der Waals surface area (Å²) in [5.74, 6) is -2.40. The molecule has 13 heteroatoms. The van der Waals surface area contributed by atoms with E-state index in [1.807, 2.05) is 18.7 Å². The number of anilines is 1. The molecule has 39 heavy (non-hydrogen) atoms. The number of hydrogen-bond acceptors (Lipinski definition) is 8. The lowest BCUT2D eigenvalue weighted by molar-refractivity contribution is -0.122. The quantitative estimate of drug-likeness (QED) is 0.413. The summed E-state index contributed by atoms with van der Waals surface area (Å²) in [5, 5.41) is 12.3. The van der Waals surface area contributed by atoms with Crippen molar-refractivity contribution in [2.75, 3.05) is 25.0 Å². The van der Waals surface area contributed by atoms with Gasteiger partial charge in [-0.05, 0) is 38.5 Å². The van der Waals surface area contributed by atoms with Gasteiger partial charge in [0, 0.05) is 38.0 Å². The molecule has 4 rings (SSSR count). The van der Waals surface area contributed by atoms with E-state index in [4.69, 9.17) is 4.74 Å². The summed E-state index contributed by atoms with van der Waals surface area (Å²) in [6, 6.07) is 3.49. The minimum absolute atomic E-state index is 0.0408. The average molecular weight is 543 g/mol. The van der Waals surface area contributed by atoms with Gasteiger partial charge >= 0.3 is 0 Å². The Morgan fingerprint density at radius 2 is 1.97 bits per heavy atom. The zero-order chi connectivity index (χ0) is 28.3. The number of aliphatic hydroxyl groups is 1. The van der Waals surface area contributed by atoms with Crippen molar-refractivity contribution < 1.29 is 28.2 Å². The fourth-order valence-corrected chi connectivity index (χ4v) is 4.39. The largest absolute Gasteiger partial charge is 0.434 e. The molecule has 1 atom stereocenters. The zero-order valence-corrected chi connectivity index (χ0v) is 21.6. The van der Waals surface area contributed by atoms with Crippen LogP contribution in [0.25, 0.3) is 0 Å². The number of aliphatic hydroxyl groups excluding tert-OH is 1. The fourth-order valence-electron chi connectivity index (χ4n) is 4.39. The Kier molecular flexibility index (Phi) is 8.02. The molecule has 0 spiro atoms. The Morgan fingerprint density at radius 1 is 1.21 bits per heavy atom. The van der Waals surface area contributed by atoms with Gasteiger partial charge in [-0.25, -0.2) is 18.7 Å². The van der Waals surface area contributed by atoms with Crippen LogP contribution in [0.5, 0.6) is 11.6 Å². The SMILES string of the molecule is CC(C(=O)Nc1cnc(Oc2ccc(F)cc2F)cn1)N1CCN(C(=O)c2c[nH]c(=O)cc2CO)C(C)(C)C1. The normalized spacial score (nSPS) is 16.0. The second-order valence-electron chi connectivity index (χ2n) is 9.72. The Balaban J connectivity index is 1.37. The molecule has 3 heterocycles. The van der Waals surface area contributed by atoms with Gasteiger partial charge in [-0.2, -0.15) is 0 Å². The van der Waals surface area contributed by atoms with Gasteiger partial charge in [-0.1, -0.05) is 0 Å². The third-order valence-electron chi connectivity index (χ3n) is 6.50. The number of carbonyl (C=O) groups excluding carboxylic acids is 2. The maximum atomic E-state index is 13.8. The first-order valence-corrected chi connectivity index (χ1v) is 12.1. The van der Waals surface area contributed by atoms with Crippen LogP contribution >= 0.6 is 0 Å². The maximum absolute atomic E-state index is 13.8. The number of amides is 2. The number of nitrogens with zero attached hydrogens (tertiary/aromatic N) is 4. The molecule has 1 saturated heterocycles. The lowest BCUT2D eigenvalue weighted by Gasteiger charge is -2.48. The number of ether oxygens (including phenoxy) is 1. The first kappa shape index (κ1) is 27.8. The first-order chi connectivity index (χ1) is 18.5. The van der Waals surface area contributed by atoms with Crippen LogP contribution in [-0.2, 0) is 11.4 Å². The number of H-pyrrole nitrogens is 1. The highest BCUT2D eigenvalue weighted by Gasteiger charge is 2.40. The van der Waals surface area contributed by atoms with E-state index in [9.17, 15) is 28.3 Å². The molecule has 1 aliphatic heterocycles. The summed E-state index contributed by atoms with van der Waals surface area (Å²) in [7, 11) is 0. The van der Waals surface area contributed by atoms with Gasteiger partial charge in [-0.3, -0.25) is 19.3 Å². The Labute approximate surface area is 222 Å². The minimum Gasteiger partial charge on any atom is -0.434 e. The molecule has 11 nitrogen and oxygen atoms in total. The molecule has 0 aliphatic carbocycles. The van der Waals surface area contributed by atoms with Crippen molar-refractivity contribution in [1.82, 2.24) is 24.8 Å². The van der Waals surface area contributed by atoms with E-state index in [-0.39, 0.29) is 40.4 Å². The molecule has 2 amide bonds. The number of rotatable bonds is 7. The topological polar surface area (TPSA) is 141 Å². The van der Waals surface area contributed by atoms with Crippen LogP contribution in [0.2, 0.25) is 0 Å². The van der Waals surface area contributed by atoms with Crippen molar-refractivity contribution in [3.63, 3.8) is 0 Å². The van der Waals surface area contributed by atoms with E-state index < -0.39 is 35.4 Å². The predicted molar refractivity (Wildman–Crippen MR) is 136 cm³/mol. The molecule has 206 valence electrons. The van der Waals surface area contributed by atoms with Crippen molar-refractivity contribution in [2.24, 2.45) is 0 Å². The number of pyridine rings is 1. The van der Waals surface area contributed by atoms with Crippen LogP contribution in [0.4, 0.5) is 14.6 Å². The van der Waals surface area contributed by atoms with Crippen LogP contribution in [0.1, 0.15) is 36.7 Å². The molecular formula is C26H28F2N6O5. The monoisotopic (exact) mass is 542 g/mol. The molecule has 0 saturated carbocycles. The third-order valence-corrected chi connectivity index (χ3v) is 6.50. The van der Waals surface area contributed by atoms with Crippen molar-refractivity contribution in [3.8, 4) is 11.6 Å². The van der Waals surface area contributed by atoms with Crippen LogP contribution in [0.15, 0.2) is 47.7 Å². The zero-order valence-electron chi connectivity index (χ0n) is 21.6. The van der Waals surface area contributed by atoms with E-state index in [2.05, 4.69) is 20.3 Å². The molecule has 1 aromatic carbocycles. The van der Waals surface area contributed by atoms with Crippen molar-refractivity contribution in [3.05, 3.63) is 76.0 Å². The van der Waals surface area contributed by atoms with Gasteiger partial charge in [0.2, 0.25) is 17.3 Å². The van der Waals surface area contributed by atoms with Gasteiger partial charge in [0.25, 0.3) is 5.91 Å². The van der Waals surface area contributed by atoms with Gasteiger partial charge in [-0.15, -0.1) is 0 Å². The number of halogens is 2. The van der Waals surface area contributed by atoms with Crippen LogP contribution in [0, 0.1) is 11.6 Å². The third kappa shape index (κ3) is 6.26. The lowest BCUT2D eigenvalue weighted by Crippen LogP contribution is -2.63. The Hall–Kier alpha value is -4.23. The van der Waals surface area contributed by atoms with Crippen molar-refractivity contribution in [1.29, 1.82) is 0 Å². The van der Waals surface area contributed by atoms with E-state index >= 15 is 0 Å². The van der Waals surface area contributed by atoms with Gasteiger partial charge < -0.3 is 25.0 Å². The predicted octanol–water partition coefficient (Wildman–Crippen LogP) is 2.29. The number of nitrogens with one attached hydrogen (secondary N) is 2. The summed E-state index contributed by atoms with van der Waals surface area (Å²) < 4.78 is 32.1. The van der Waals surface area contributed by atoms with E-state index in [1.165, 1.54) is 24.7 Å². The number of carbonyl (C=O) groups is 2. The van der Waals surface area contributed by atoms with Crippen LogP contribution in [0.3, 0.4) is 0 Å². The van der Waals surface area contributed by atoms with Gasteiger partial charge in [0.15, 0.2) is 17.4 Å². The second kappa shape index (κ2) is 11.3. The van der Waals surface area contributed by atoms with Crippen LogP contribution < -0.4 is 15.6 Å². The molecule has 0 radical (unpaired) electrons.